The lowest BCUT2D eigenvalue weighted by atomic mass is 9.99. The molecular weight excluding hydrogens is 447 g/mol. The molecule has 7 nitrogen and oxygen atoms in total. The number of anilines is 1. The maximum Gasteiger partial charge on any atom is 0.266 e. The van der Waals surface area contributed by atoms with Crippen LogP contribution in [0.1, 0.15) is 49.4 Å². The molecule has 1 amide bonds. The number of nitrogens with zero attached hydrogens (tertiary/aromatic N) is 4. The number of halogens is 3. The fraction of sp³-hybridized carbons (Fsp3) is 0.333. The van der Waals surface area contributed by atoms with E-state index in [-0.39, 0.29) is 17.0 Å². The van der Waals surface area contributed by atoms with Crippen LogP contribution in [0.25, 0.3) is 16.6 Å². The predicted molar refractivity (Wildman–Crippen MR) is 123 cm³/mol. The van der Waals surface area contributed by atoms with Crippen molar-refractivity contribution in [3.8, 4) is 0 Å². The van der Waals surface area contributed by atoms with E-state index in [0.717, 1.165) is 11.6 Å². The molecule has 178 valence electrons. The van der Waals surface area contributed by atoms with Crippen molar-refractivity contribution in [2.75, 3.05) is 18.4 Å². The van der Waals surface area contributed by atoms with Crippen molar-refractivity contribution in [2.24, 2.45) is 7.05 Å². The number of fused-ring (bicyclic) bond motifs is 1. The molecule has 0 unspecified atom stereocenters. The molecule has 1 atom stereocenters. The summed E-state index contributed by atoms with van der Waals surface area (Å²) in [6.45, 7) is 4.07. The lowest BCUT2D eigenvalue weighted by Gasteiger charge is -2.25. The van der Waals surface area contributed by atoms with Crippen LogP contribution in [-0.2, 0) is 11.8 Å². The zero-order valence-electron chi connectivity index (χ0n) is 19.0. The molecule has 34 heavy (non-hydrogen) atoms. The van der Waals surface area contributed by atoms with Gasteiger partial charge in [0.2, 0.25) is 5.91 Å². The molecule has 0 aliphatic carbocycles. The molecule has 3 heterocycles. The zero-order chi connectivity index (χ0) is 24.6. The molecule has 1 aromatic carbocycles. The number of rotatable bonds is 5. The highest BCUT2D eigenvalue weighted by molar-refractivity contribution is 5.89. The summed E-state index contributed by atoms with van der Waals surface area (Å²) < 4.78 is 42.4. The number of aromatic nitrogens is 3. The molecular formula is C24H24F3N5O2. The Morgan fingerprint density at radius 2 is 1.94 bits per heavy atom. The van der Waals surface area contributed by atoms with Crippen molar-refractivity contribution in [1.29, 1.82) is 0 Å². The van der Waals surface area contributed by atoms with Crippen molar-refractivity contribution in [3.05, 3.63) is 69.5 Å². The Hall–Kier alpha value is -3.69. The Balaban J connectivity index is 1.75. The number of pyridine rings is 1. The first-order chi connectivity index (χ1) is 16.2. The summed E-state index contributed by atoms with van der Waals surface area (Å²) in [7, 11) is 1.60. The van der Waals surface area contributed by atoms with Crippen molar-refractivity contribution in [3.63, 3.8) is 0 Å². The Kier molecular flexibility index (Phi) is 6.41. The number of alkyl halides is 2. The van der Waals surface area contributed by atoms with Crippen LogP contribution in [0.15, 0.2) is 41.5 Å². The van der Waals surface area contributed by atoms with Crippen LogP contribution in [0.3, 0.4) is 0 Å². The van der Waals surface area contributed by atoms with Crippen LogP contribution in [-0.4, -0.2) is 38.4 Å². The minimum Gasteiger partial charge on any atom is -0.363 e. The smallest absolute Gasteiger partial charge is 0.266 e. The summed E-state index contributed by atoms with van der Waals surface area (Å²) in [5.74, 6) is -0.650. The SMILES string of the molecule is CC(=O)N1CC=C(c2cc3c(N[C@H](C)c4cccc(C(F)F)c4F)ncnc3n(C)c2=O)CC1. The molecule has 1 aliphatic rings. The zero-order valence-corrected chi connectivity index (χ0v) is 19.0. The highest BCUT2D eigenvalue weighted by Gasteiger charge is 2.22. The van der Waals surface area contributed by atoms with Crippen molar-refractivity contribution in [1.82, 2.24) is 19.4 Å². The number of amides is 1. The van der Waals surface area contributed by atoms with Gasteiger partial charge in [-0.05, 0) is 25.0 Å². The number of benzene rings is 1. The summed E-state index contributed by atoms with van der Waals surface area (Å²) in [4.78, 5) is 34.8. The van der Waals surface area contributed by atoms with Crippen LogP contribution in [0.5, 0.6) is 0 Å². The van der Waals surface area contributed by atoms with Gasteiger partial charge in [0.25, 0.3) is 12.0 Å². The van der Waals surface area contributed by atoms with E-state index >= 15 is 0 Å². The fourth-order valence-corrected chi connectivity index (χ4v) is 4.17. The molecule has 0 fully saturated rings. The van der Waals surface area contributed by atoms with E-state index in [9.17, 15) is 22.8 Å². The third-order valence-corrected chi connectivity index (χ3v) is 6.12. The van der Waals surface area contributed by atoms with Crippen LogP contribution < -0.4 is 10.9 Å². The number of aryl methyl sites for hydroxylation is 1. The highest BCUT2D eigenvalue weighted by atomic mass is 19.3. The Bertz CT molecular complexity index is 1350. The molecule has 0 radical (unpaired) electrons. The van der Waals surface area contributed by atoms with Gasteiger partial charge in [-0.15, -0.1) is 0 Å². The molecule has 1 N–H and O–H groups in total. The van der Waals surface area contributed by atoms with Gasteiger partial charge in [-0.1, -0.05) is 24.3 Å². The maximum absolute atomic E-state index is 14.7. The lowest BCUT2D eigenvalue weighted by molar-refractivity contribution is -0.128. The summed E-state index contributed by atoms with van der Waals surface area (Å²) in [5.41, 5.74) is 0.847. The van der Waals surface area contributed by atoms with E-state index in [0.29, 0.717) is 41.9 Å². The van der Waals surface area contributed by atoms with E-state index in [4.69, 9.17) is 0 Å². The van der Waals surface area contributed by atoms with Gasteiger partial charge in [-0.3, -0.25) is 14.2 Å². The number of hydrogen-bond acceptors (Lipinski definition) is 5. The summed E-state index contributed by atoms with van der Waals surface area (Å²) >= 11 is 0. The summed E-state index contributed by atoms with van der Waals surface area (Å²) in [6.07, 6.45) is 0.746. The largest absolute Gasteiger partial charge is 0.363 e. The van der Waals surface area contributed by atoms with E-state index in [1.54, 1.807) is 24.9 Å². The van der Waals surface area contributed by atoms with Gasteiger partial charge in [0.1, 0.15) is 23.6 Å². The van der Waals surface area contributed by atoms with Crippen molar-refractivity contribution >= 4 is 28.3 Å². The van der Waals surface area contributed by atoms with Gasteiger partial charge in [0.05, 0.1) is 17.0 Å². The van der Waals surface area contributed by atoms with Crippen LogP contribution >= 0.6 is 0 Å². The molecule has 10 heteroatoms. The number of nitrogens with one attached hydrogen (secondary N) is 1. The summed E-state index contributed by atoms with van der Waals surface area (Å²) in [5, 5.41) is 3.62. The molecule has 4 rings (SSSR count). The standard InChI is InChI=1S/C24H24F3N5O2/c1-13(16-5-4-6-17(20(16)25)21(26)27)30-22-19-11-18(15-7-9-32(10-8-15)14(2)33)24(34)31(3)23(19)29-12-28-22/h4-7,11-13,21H,8-10H2,1-3H3,(H,28,29,30)/t13-/m1/s1. The second kappa shape index (κ2) is 9.28. The van der Waals surface area contributed by atoms with E-state index in [1.165, 1.54) is 30.0 Å². The van der Waals surface area contributed by atoms with Crippen molar-refractivity contribution < 1.29 is 18.0 Å². The van der Waals surface area contributed by atoms with Gasteiger partial charge in [-0.2, -0.15) is 0 Å². The van der Waals surface area contributed by atoms with Gasteiger partial charge in [0.15, 0.2) is 0 Å². The maximum atomic E-state index is 14.7. The highest BCUT2D eigenvalue weighted by Crippen LogP contribution is 2.31. The van der Waals surface area contributed by atoms with Gasteiger partial charge in [0, 0.05) is 38.2 Å². The topological polar surface area (TPSA) is 80.1 Å². The normalized spacial score (nSPS) is 14.9. The summed E-state index contributed by atoms with van der Waals surface area (Å²) in [6, 6.07) is 4.89. The minimum atomic E-state index is -2.92. The van der Waals surface area contributed by atoms with Gasteiger partial charge in [-0.25, -0.2) is 23.1 Å². The quantitative estimate of drug-likeness (QED) is 0.603. The molecule has 0 spiro atoms. The van der Waals surface area contributed by atoms with Crippen LogP contribution in [0.4, 0.5) is 19.0 Å². The van der Waals surface area contributed by atoms with Gasteiger partial charge >= 0.3 is 0 Å². The van der Waals surface area contributed by atoms with E-state index < -0.39 is 23.8 Å². The first-order valence-corrected chi connectivity index (χ1v) is 10.8. The lowest BCUT2D eigenvalue weighted by Crippen LogP contribution is -2.33. The Morgan fingerprint density at radius 1 is 1.21 bits per heavy atom. The molecule has 1 aliphatic heterocycles. The van der Waals surface area contributed by atoms with Crippen molar-refractivity contribution in [2.45, 2.75) is 32.7 Å². The second-order valence-electron chi connectivity index (χ2n) is 8.24. The molecule has 0 bridgehead atoms. The molecule has 0 saturated carbocycles. The second-order valence-corrected chi connectivity index (χ2v) is 8.24. The Labute approximate surface area is 193 Å². The average Bonchev–Trinajstić information content (AvgIpc) is 2.81. The van der Waals surface area contributed by atoms with E-state index in [2.05, 4.69) is 15.3 Å². The van der Waals surface area contributed by atoms with Crippen LogP contribution in [0.2, 0.25) is 0 Å². The van der Waals surface area contributed by atoms with Gasteiger partial charge < -0.3 is 10.2 Å². The fourth-order valence-electron chi connectivity index (χ4n) is 4.17. The third-order valence-electron chi connectivity index (χ3n) is 6.12. The number of carbonyl (C=O) groups excluding carboxylic acids is 1. The minimum absolute atomic E-state index is 0.0290. The van der Waals surface area contributed by atoms with E-state index in [1.807, 2.05) is 6.08 Å². The third kappa shape index (κ3) is 4.27. The first kappa shape index (κ1) is 23.5. The molecule has 3 aromatic rings. The molecule has 2 aromatic heterocycles. The van der Waals surface area contributed by atoms with Crippen LogP contribution in [0, 0.1) is 5.82 Å². The Morgan fingerprint density at radius 3 is 2.59 bits per heavy atom. The first-order valence-electron chi connectivity index (χ1n) is 10.8. The average molecular weight is 471 g/mol. The molecule has 0 saturated heterocycles. The predicted octanol–water partition coefficient (Wildman–Crippen LogP) is 4.21. The monoisotopic (exact) mass is 471 g/mol. The number of hydrogen-bond donors (Lipinski definition) is 1. The number of carbonyl (C=O) groups is 1.